The number of hydrogen-bond donors (Lipinski definition) is 3. The second-order valence-corrected chi connectivity index (χ2v) is 8.71. The summed E-state index contributed by atoms with van der Waals surface area (Å²) in [7, 11) is 2.03. The number of halogens is 1. The van der Waals surface area contributed by atoms with Crippen molar-refractivity contribution in [2.75, 3.05) is 52.0 Å². The van der Waals surface area contributed by atoms with E-state index >= 15 is 0 Å². The minimum Gasteiger partial charge on any atom is -0.396 e. The fourth-order valence-corrected chi connectivity index (χ4v) is 4.41. The van der Waals surface area contributed by atoms with E-state index in [1.165, 1.54) is 12.8 Å². The summed E-state index contributed by atoms with van der Waals surface area (Å²) in [6.45, 7) is 4.97. The molecule has 178 valence electrons. The van der Waals surface area contributed by atoms with Crippen LogP contribution >= 0.6 is 0 Å². The van der Waals surface area contributed by atoms with Gasteiger partial charge < -0.3 is 31.2 Å². The number of nitrogen functional groups attached to an aromatic ring is 1. The Labute approximate surface area is 196 Å². The van der Waals surface area contributed by atoms with Gasteiger partial charge in [0, 0.05) is 61.1 Å². The molecule has 0 spiro atoms. The summed E-state index contributed by atoms with van der Waals surface area (Å²) in [6, 6.07) is 6.16. The quantitative estimate of drug-likeness (QED) is 0.392. The number of benzene rings is 2. The van der Waals surface area contributed by atoms with Gasteiger partial charge in [-0.05, 0) is 38.1 Å². The van der Waals surface area contributed by atoms with Gasteiger partial charge in [0.15, 0.2) is 6.19 Å². The fourth-order valence-electron chi connectivity index (χ4n) is 4.41. The van der Waals surface area contributed by atoms with Crippen LogP contribution in [0.4, 0.5) is 10.1 Å². The van der Waals surface area contributed by atoms with Crippen LogP contribution in [0.2, 0.25) is 0 Å². The van der Waals surface area contributed by atoms with Gasteiger partial charge in [-0.25, -0.2) is 4.39 Å². The molecular weight excluding hydrogens is 437 g/mol. The second-order valence-electron chi connectivity index (χ2n) is 8.71. The predicted molar refractivity (Wildman–Crippen MR) is 129 cm³/mol. The van der Waals surface area contributed by atoms with E-state index in [2.05, 4.69) is 16.1 Å². The van der Waals surface area contributed by atoms with Crippen LogP contribution in [0.1, 0.15) is 33.6 Å². The molecule has 0 radical (unpaired) electrons. The maximum atomic E-state index is 14.1. The lowest BCUT2D eigenvalue weighted by molar-refractivity contribution is 0.0664. The first-order chi connectivity index (χ1) is 16.3. The number of piperazine rings is 1. The lowest BCUT2D eigenvalue weighted by Gasteiger charge is -2.32. The van der Waals surface area contributed by atoms with E-state index in [1.54, 1.807) is 23.1 Å². The number of likely N-dealkylation sites (N-methyl/N-ethyl adjacent to an activating group) is 1. The van der Waals surface area contributed by atoms with E-state index in [1.807, 2.05) is 11.9 Å². The Morgan fingerprint density at radius 1 is 1.09 bits per heavy atom. The molecule has 2 amide bonds. The highest BCUT2D eigenvalue weighted by atomic mass is 19.1. The number of nitriles is 1. The number of nitrogens with one attached hydrogen (secondary N) is 1. The summed E-state index contributed by atoms with van der Waals surface area (Å²) >= 11 is 0. The average molecular weight is 466 g/mol. The zero-order chi connectivity index (χ0) is 24.4. The summed E-state index contributed by atoms with van der Waals surface area (Å²) < 4.78 is 14.1. The summed E-state index contributed by atoms with van der Waals surface area (Å²) in [5.41, 5.74) is 12.7. The molecule has 2 aromatic carbocycles. The molecule has 1 aromatic heterocycles. The van der Waals surface area contributed by atoms with E-state index in [4.69, 9.17) is 16.7 Å². The van der Waals surface area contributed by atoms with Crippen molar-refractivity contribution in [3.05, 3.63) is 41.2 Å². The Morgan fingerprint density at radius 2 is 1.76 bits per heavy atom. The van der Waals surface area contributed by atoms with Crippen molar-refractivity contribution in [3.8, 4) is 6.19 Å². The van der Waals surface area contributed by atoms with E-state index < -0.39 is 11.7 Å². The van der Waals surface area contributed by atoms with Gasteiger partial charge in [0.1, 0.15) is 5.82 Å². The number of fused-ring (bicyclic) bond motifs is 3. The van der Waals surface area contributed by atoms with Gasteiger partial charge in [0.05, 0.1) is 16.8 Å². The molecule has 0 saturated carbocycles. The highest BCUT2D eigenvalue weighted by molar-refractivity contribution is 6.19. The van der Waals surface area contributed by atoms with Gasteiger partial charge in [0.25, 0.3) is 11.8 Å². The number of carbonyl (C=O) groups excluding carboxylic acids is 2. The number of amides is 2. The highest BCUT2D eigenvalue weighted by Gasteiger charge is 2.22. The molecule has 9 nitrogen and oxygen atoms in total. The molecule has 34 heavy (non-hydrogen) atoms. The third kappa shape index (κ3) is 4.47. The molecule has 10 heteroatoms. The molecule has 2 aliphatic heterocycles. The van der Waals surface area contributed by atoms with Gasteiger partial charge in [-0.2, -0.15) is 5.26 Å². The minimum absolute atomic E-state index is 0.0276. The monoisotopic (exact) mass is 465 g/mol. The number of rotatable bonds is 2. The Morgan fingerprint density at radius 3 is 2.35 bits per heavy atom. The number of H-pyrrole nitrogens is 1. The number of carbonyl (C=O) groups is 2. The first-order valence-electron chi connectivity index (χ1n) is 11.3. The zero-order valence-electron chi connectivity index (χ0n) is 19.1. The molecule has 3 aromatic rings. The first kappa shape index (κ1) is 23.3. The normalized spacial score (nSPS) is 16.4. The molecule has 5 N–H and O–H groups in total. The van der Waals surface area contributed by atoms with Crippen LogP contribution in [0.15, 0.2) is 24.3 Å². The molecule has 2 aliphatic rings. The molecule has 3 heterocycles. The van der Waals surface area contributed by atoms with Crippen molar-refractivity contribution in [1.29, 1.82) is 5.26 Å². The molecule has 0 unspecified atom stereocenters. The number of likely N-dealkylation sites (tertiary alicyclic amines) is 1. The zero-order valence-corrected chi connectivity index (χ0v) is 19.1. The standard InChI is InChI=1S/C19H20FN5O2.C5H8N2/c1-24-4-6-25(7-5-24)19(27)10-2-3-11-14(8-10)23-17-12(18(22)26)9-13(20)16(21)15(11)17;6-5-7-3-1-2-4-7/h2-3,8-9,23H,4-7,21H2,1H3,(H2,22,26);1-4H2. The topological polar surface area (TPSA) is 135 Å². The maximum absolute atomic E-state index is 14.1. The van der Waals surface area contributed by atoms with E-state index in [0.29, 0.717) is 40.5 Å². The Kier molecular flexibility index (Phi) is 6.56. The minimum atomic E-state index is -0.751. The number of aromatic amines is 1. The Balaban J connectivity index is 0.000000336. The van der Waals surface area contributed by atoms with E-state index in [0.717, 1.165) is 32.2 Å². The third-order valence-corrected chi connectivity index (χ3v) is 6.42. The molecule has 5 rings (SSSR count). The molecule has 0 atom stereocenters. The number of hydrogen-bond acceptors (Lipinski definition) is 6. The number of aromatic nitrogens is 1. The van der Waals surface area contributed by atoms with E-state index in [9.17, 15) is 14.0 Å². The van der Waals surface area contributed by atoms with Gasteiger partial charge in [-0.15, -0.1) is 0 Å². The Bertz CT molecular complexity index is 1280. The van der Waals surface area contributed by atoms with Crippen LogP contribution < -0.4 is 11.5 Å². The van der Waals surface area contributed by atoms with Crippen molar-refractivity contribution in [1.82, 2.24) is 19.7 Å². The summed E-state index contributed by atoms with van der Waals surface area (Å²) in [4.78, 5) is 33.3. The number of anilines is 1. The lowest BCUT2D eigenvalue weighted by atomic mass is 10.0. The number of nitrogens with zero attached hydrogens (tertiary/aromatic N) is 4. The summed E-state index contributed by atoms with van der Waals surface area (Å²) in [5.74, 6) is -1.51. The van der Waals surface area contributed by atoms with Crippen LogP contribution in [0.3, 0.4) is 0 Å². The maximum Gasteiger partial charge on any atom is 0.254 e. The van der Waals surface area contributed by atoms with Crippen molar-refractivity contribution in [2.24, 2.45) is 5.73 Å². The van der Waals surface area contributed by atoms with Crippen LogP contribution in [0, 0.1) is 17.3 Å². The van der Waals surface area contributed by atoms with Gasteiger partial charge in [-0.3, -0.25) is 9.59 Å². The van der Waals surface area contributed by atoms with Crippen molar-refractivity contribution in [3.63, 3.8) is 0 Å². The summed E-state index contributed by atoms with van der Waals surface area (Å²) in [6.07, 6.45) is 4.50. The van der Waals surface area contributed by atoms with Crippen LogP contribution in [-0.4, -0.2) is 77.8 Å². The largest absolute Gasteiger partial charge is 0.396 e. The molecule has 2 fully saturated rings. The van der Waals surface area contributed by atoms with Crippen LogP contribution in [0.25, 0.3) is 21.8 Å². The molecular formula is C24H28FN7O2. The molecule has 0 bridgehead atoms. The fraction of sp³-hybridized carbons (Fsp3) is 0.375. The van der Waals surface area contributed by atoms with Gasteiger partial charge in [0.2, 0.25) is 0 Å². The van der Waals surface area contributed by atoms with Crippen molar-refractivity contribution in [2.45, 2.75) is 12.8 Å². The summed E-state index contributed by atoms with van der Waals surface area (Å²) in [5, 5.41) is 9.28. The molecule has 2 saturated heterocycles. The van der Waals surface area contributed by atoms with E-state index in [-0.39, 0.29) is 17.2 Å². The van der Waals surface area contributed by atoms with Gasteiger partial charge in [-0.1, -0.05) is 6.07 Å². The van der Waals surface area contributed by atoms with Crippen molar-refractivity contribution >= 4 is 39.3 Å². The third-order valence-electron chi connectivity index (χ3n) is 6.42. The first-order valence-corrected chi connectivity index (χ1v) is 11.3. The predicted octanol–water partition coefficient (Wildman–Crippen LogP) is 2.09. The Hall–Kier alpha value is -3.84. The molecule has 0 aliphatic carbocycles. The van der Waals surface area contributed by atoms with Crippen LogP contribution in [-0.2, 0) is 0 Å². The highest BCUT2D eigenvalue weighted by Crippen LogP contribution is 2.34. The van der Waals surface area contributed by atoms with Crippen molar-refractivity contribution < 1.29 is 14.0 Å². The SMILES string of the molecule is CN1CCN(C(=O)c2ccc3c(c2)[nH]c2c(C(N)=O)cc(F)c(N)c23)CC1.N#CN1CCCC1. The second kappa shape index (κ2) is 9.57. The van der Waals surface area contributed by atoms with Crippen LogP contribution in [0.5, 0.6) is 0 Å². The smallest absolute Gasteiger partial charge is 0.254 e. The number of primary amides is 1. The average Bonchev–Trinajstić information content (AvgIpc) is 3.49. The number of nitrogens with two attached hydrogens (primary N) is 2. The lowest BCUT2D eigenvalue weighted by Crippen LogP contribution is -2.47. The van der Waals surface area contributed by atoms with Gasteiger partial charge >= 0.3 is 0 Å².